The quantitative estimate of drug-likeness (QED) is 0.106. The van der Waals surface area contributed by atoms with Gasteiger partial charge in [-0.3, -0.25) is 0 Å². The molecule has 0 saturated carbocycles. The van der Waals surface area contributed by atoms with Crippen LogP contribution in [0.15, 0.2) is 6.07 Å². The Morgan fingerprint density at radius 2 is 1.25 bits per heavy atom. The van der Waals surface area contributed by atoms with E-state index in [0.29, 0.717) is 22.4 Å². The summed E-state index contributed by atoms with van der Waals surface area (Å²) in [5, 5.41) is 1.20. The summed E-state index contributed by atoms with van der Waals surface area (Å²) in [6.07, 6.45) is 11.6. The molecule has 0 saturated heterocycles. The summed E-state index contributed by atoms with van der Waals surface area (Å²) in [5.74, 6) is 0.389. The highest BCUT2D eigenvalue weighted by Crippen LogP contribution is 2.44. The van der Waals surface area contributed by atoms with Crippen molar-refractivity contribution in [3.05, 3.63) is 26.2 Å². The highest BCUT2D eigenvalue weighted by atomic mass is 35.5. The summed E-state index contributed by atoms with van der Waals surface area (Å²) < 4.78 is 12.6. The predicted octanol–water partition coefficient (Wildman–Crippen LogP) is 9.71. The SMILES string of the molecule is CCCCCCCCCCCO[Si](CC)(CC)Oc1c(Cl)cc(Cl)c(Cl)c1Cl. The van der Waals surface area contributed by atoms with Crippen LogP contribution in [0.5, 0.6) is 5.75 Å². The summed E-state index contributed by atoms with van der Waals surface area (Å²) in [7, 11) is -2.45. The zero-order valence-corrected chi connectivity index (χ0v) is 21.4. The van der Waals surface area contributed by atoms with Crippen molar-refractivity contribution in [1.82, 2.24) is 0 Å². The molecule has 0 atom stereocenters. The van der Waals surface area contributed by atoms with Gasteiger partial charge in [-0.05, 0) is 24.6 Å². The van der Waals surface area contributed by atoms with Crippen LogP contribution < -0.4 is 4.43 Å². The van der Waals surface area contributed by atoms with Crippen LogP contribution >= 0.6 is 46.4 Å². The fourth-order valence-electron chi connectivity index (χ4n) is 3.13. The molecule has 7 heteroatoms. The van der Waals surface area contributed by atoms with Crippen molar-refractivity contribution >= 4 is 55.0 Å². The first-order valence-electron chi connectivity index (χ1n) is 10.6. The minimum absolute atomic E-state index is 0.254. The van der Waals surface area contributed by atoms with E-state index in [4.69, 9.17) is 55.3 Å². The molecule has 0 fully saturated rings. The maximum atomic E-state index is 6.33. The third-order valence-electron chi connectivity index (χ3n) is 5.05. The molecule has 0 aliphatic heterocycles. The van der Waals surface area contributed by atoms with Gasteiger partial charge in [-0.25, -0.2) is 0 Å². The predicted molar refractivity (Wildman–Crippen MR) is 127 cm³/mol. The van der Waals surface area contributed by atoms with Crippen LogP contribution in [0.1, 0.15) is 78.6 Å². The van der Waals surface area contributed by atoms with E-state index in [1.54, 1.807) is 6.07 Å². The number of rotatable bonds is 15. The van der Waals surface area contributed by atoms with Gasteiger partial charge >= 0.3 is 8.56 Å². The number of unbranched alkanes of at least 4 members (excludes halogenated alkanes) is 8. The minimum Gasteiger partial charge on any atom is -0.518 e. The topological polar surface area (TPSA) is 18.5 Å². The first-order chi connectivity index (χ1) is 13.4. The zero-order chi connectivity index (χ0) is 21.0. The van der Waals surface area contributed by atoms with Crippen molar-refractivity contribution in [3.8, 4) is 5.75 Å². The molecule has 0 aliphatic carbocycles. The van der Waals surface area contributed by atoms with Gasteiger partial charge in [0, 0.05) is 6.61 Å². The first-order valence-corrected chi connectivity index (χ1v) is 14.3. The van der Waals surface area contributed by atoms with E-state index in [2.05, 4.69) is 20.8 Å². The lowest BCUT2D eigenvalue weighted by molar-refractivity contribution is 0.230. The fourth-order valence-corrected chi connectivity index (χ4v) is 6.59. The van der Waals surface area contributed by atoms with Gasteiger partial charge in [0.05, 0.1) is 15.1 Å². The lowest BCUT2D eigenvalue weighted by Crippen LogP contribution is -2.44. The third kappa shape index (κ3) is 8.61. The van der Waals surface area contributed by atoms with E-state index in [1.807, 2.05) is 0 Å². The molecule has 1 rings (SSSR count). The highest BCUT2D eigenvalue weighted by molar-refractivity contribution is 6.68. The molecule has 0 spiro atoms. The van der Waals surface area contributed by atoms with E-state index in [-0.39, 0.29) is 10.0 Å². The van der Waals surface area contributed by atoms with E-state index < -0.39 is 8.56 Å². The van der Waals surface area contributed by atoms with Crippen molar-refractivity contribution < 1.29 is 8.85 Å². The molecule has 0 aliphatic rings. The third-order valence-corrected chi connectivity index (χ3v) is 10.0. The monoisotopic (exact) mass is 486 g/mol. The Bertz CT molecular complexity index is 580. The molecule has 0 radical (unpaired) electrons. The maximum Gasteiger partial charge on any atom is 0.398 e. The van der Waals surface area contributed by atoms with E-state index in [1.165, 1.54) is 51.4 Å². The standard InChI is InChI=1S/C21H34Cl4O2Si/c1-4-7-8-9-10-11-12-13-14-15-26-28(5-2,6-3)27-21-18(23)16-17(22)19(24)20(21)25/h16H,4-15H2,1-3H3. The van der Waals surface area contributed by atoms with E-state index in [9.17, 15) is 0 Å². The highest BCUT2D eigenvalue weighted by Gasteiger charge is 2.37. The largest absolute Gasteiger partial charge is 0.518 e. The normalized spacial score (nSPS) is 11.8. The summed E-state index contributed by atoms with van der Waals surface area (Å²) in [4.78, 5) is 0. The van der Waals surface area contributed by atoms with Crippen molar-refractivity contribution in [3.63, 3.8) is 0 Å². The van der Waals surface area contributed by atoms with Crippen molar-refractivity contribution in [2.24, 2.45) is 0 Å². The molecule has 1 aromatic carbocycles. The van der Waals surface area contributed by atoms with Gasteiger partial charge in [-0.1, -0.05) is 119 Å². The second-order valence-electron chi connectivity index (χ2n) is 7.19. The summed E-state index contributed by atoms with van der Waals surface area (Å²) in [6, 6.07) is 3.19. The van der Waals surface area contributed by atoms with Crippen LogP contribution in [-0.4, -0.2) is 15.2 Å². The lowest BCUT2D eigenvalue weighted by atomic mass is 10.1. The molecule has 0 heterocycles. The zero-order valence-electron chi connectivity index (χ0n) is 17.4. The van der Waals surface area contributed by atoms with Crippen LogP contribution in [-0.2, 0) is 4.43 Å². The van der Waals surface area contributed by atoms with Gasteiger partial charge in [0.15, 0.2) is 0 Å². The Morgan fingerprint density at radius 1 is 0.714 bits per heavy atom. The summed E-state index contributed by atoms with van der Waals surface area (Å²) in [5.41, 5.74) is 0. The number of hydrogen-bond acceptors (Lipinski definition) is 2. The molecule has 162 valence electrons. The average molecular weight is 488 g/mol. The molecule has 28 heavy (non-hydrogen) atoms. The van der Waals surface area contributed by atoms with Gasteiger partial charge in [0.25, 0.3) is 0 Å². The summed E-state index contributed by atoms with van der Waals surface area (Å²) in [6.45, 7) is 7.14. The second kappa shape index (κ2) is 14.4. The molecule has 0 N–H and O–H groups in total. The lowest BCUT2D eigenvalue weighted by Gasteiger charge is -2.30. The molecular weight excluding hydrogens is 454 g/mol. The Kier molecular flexibility index (Phi) is 13.6. The molecule has 2 nitrogen and oxygen atoms in total. The smallest absolute Gasteiger partial charge is 0.398 e. The first kappa shape index (κ1) is 26.4. The summed E-state index contributed by atoms with van der Waals surface area (Å²) >= 11 is 24.8. The van der Waals surface area contributed by atoms with Crippen LogP contribution in [0.3, 0.4) is 0 Å². The molecule has 0 bridgehead atoms. The minimum atomic E-state index is -2.45. The van der Waals surface area contributed by atoms with Crippen LogP contribution in [0.2, 0.25) is 32.2 Å². The van der Waals surface area contributed by atoms with Crippen molar-refractivity contribution in [2.75, 3.05) is 6.61 Å². The Morgan fingerprint density at radius 3 is 1.79 bits per heavy atom. The van der Waals surface area contributed by atoms with E-state index >= 15 is 0 Å². The van der Waals surface area contributed by atoms with Crippen LogP contribution in [0, 0.1) is 0 Å². The van der Waals surface area contributed by atoms with Crippen molar-refractivity contribution in [1.29, 1.82) is 0 Å². The van der Waals surface area contributed by atoms with Gasteiger partial charge in [0.2, 0.25) is 0 Å². The average Bonchev–Trinajstić information content (AvgIpc) is 2.69. The molecule has 0 amide bonds. The van der Waals surface area contributed by atoms with E-state index in [0.717, 1.165) is 18.5 Å². The molecule has 1 aromatic rings. The Balaban J connectivity index is 2.49. The van der Waals surface area contributed by atoms with Crippen molar-refractivity contribution in [2.45, 2.75) is 90.6 Å². The van der Waals surface area contributed by atoms with Gasteiger partial charge < -0.3 is 8.85 Å². The van der Waals surface area contributed by atoms with Crippen LogP contribution in [0.4, 0.5) is 0 Å². The fraction of sp³-hybridized carbons (Fsp3) is 0.714. The number of hydrogen-bond donors (Lipinski definition) is 0. The molecule has 0 aromatic heterocycles. The van der Waals surface area contributed by atoms with Gasteiger partial charge in [0.1, 0.15) is 10.8 Å². The molecule has 0 unspecified atom stereocenters. The number of benzene rings is 1. The van der Waals surface area contributed by atoms with Gasteiger partial charge in [-0.2, -0.15) is 0 Å². The Labute approximate surface area is 192 Å². The number of halogens is 4. The van der Waals surface area contributed by atoms with Gasteiger partial charge in [-0.15, -0.1) is 0 Å². The molecular formula is C21H34Cl4O2Si. The van der Waals surface area contributed by atoms with Crippen LogP contribution in [0.25, 0.3) is 0 Å². The second-order valence-corrected chi connectivity index (χ2v) is 12.5. The Hall–Kier alpha value is 0.357. The maximum absolute atomic E-state index is 6.33.